The van der Waals surface area contributed by atoms with Gasteiger partial charge in [0.15, 0.2) is 5.96 Å². The van der Waals surface area contributed by atoms with Crippen molar-refractivity contribution in [2.45, 2.75) is 33.7 Å². The van der Waals surface area contributed by atoms with Crippen molar-refractivity contribution < 1.29 is 0 Å². The van der Waals surface area contributed by atoms with Crippen LogP contribution in [0.25, 0.3) is 11.0 Å². The Morgan fingerprint density at radius 1 is 1.35 bits per heavy atom. The van der Waals surface area contributed by atoms with E-state index < -0.39 is 0 Å². The van der Waals surface area contributed by atoms with Gasteiger partial charge in [0.05, 0.1) is 11.0 Å². The summed E-state index contributed by atoms with van der Waals surface area (Å²) in [4.78, 5) is 11.4. The van der Waals surface area contributed by atoms with E-state index in [1.54, 1.807) is 0 Å². The predicted molar refractivity (Wildman–Crippen MR) is 95.8 cm³/mol. The smallest absolute Gasteiger partial charge is 0.193 e. The van der Waals surface area contributed by atoms with Crippen molar-refractivity contribution >= 4 is 17.0 Å². The van der Waals surface area contributed by atoms with Gasteiger partial charge in [-0.15, -0.1) is 0 Å². The molecule has 2 aromatic rings. The molecule has 0 spiro atoms. The summed E-state index contributed by atoms with van der Waals surface area (Å²) in [6, 6.07) is 8.30. The number of para-hydroxylation sites is 2. The molecular formula is C18H27N5. The highest BCUT2D eigenvalue weighted by Crippen LogP contribution is 2.28. The van der Waals surface area contributed by atoms with Gasteiger partial charge in [-0.05, 0) is 30.9 Å². The van der Waals surface area contributed by atoms with Crippen molar-refractivity contribution in [2.75, 3.05) is 26.7 Å². The van der Waals surface area contributed by atoms with Gasteiger partial charge in [-0.2, -0.15) is 0 Å². The van der Waals surface area contributed by atoms with E-state index >= 15 is 0 Å². The maximum absolute atomic E-state index is 4.62. The lowest BCUT2D eigenvalue weighted by atomic mass is 9.93. The Kier molecular flexibility index (Phi) is 4.28. The molecular weight excluding hydrogens is 286 g/mol. The molecule has 5 nitrogen and oxygen atoms in total. The molecule has 1 saturated heterocycles. The largest absolute Gasteiger partial charge is 0.354 e. The molecule has 1 aromatic heterocycles. The molecule has 0 saturated carbocycles. The topological polar surface area (TPSA) is 45.5 Å². The van der Waals surface area contributed by atoms with Crippen LogP contribution in [0.5, 0.6) is 0 Å². The molecule has 0 amide bonds. The SMILES string of the molecule is CN=C(NCCn1c(C)nc2ccccc21)N1CCC(C)(C)C1. The lowest BCUT2D eigenvalue weighted by Crippen LogP contribution is -2.41. The molecule has 3 rings (SSSR count). The number of nitrogens with zero attached hydrogens (tertiary/aromatic N) is 4. The molecule has 23 heavy (non-hydrogen) atoms. The van der Waals surface area contributed by atoms with Crippen LogP contribution >= 0.6 is 0 Å². The number of imidazole rings is 1. The van der Waals surface area contributed by atoms with Crippen LogP contribution < -0.4 is 5.32 Å². The number of hydrogen-bond acceptors (Lipinski definition) is 2. The van der Waals surface area contributed by atoms with Gasteiger partial charge >= 0.3 is 0 Å². The van der Waals surface area contributed by atoms with Crippen molar-refractivity contribution in [2.24, 2.45) is 10.4 Å². The number of fused-ring (bicyclic) bond motifs is 1. The number of guanidine groups is 1. The Bertz CT molecular complexity index is 713. The first-order valence-corrected chi connectivity index (χ1v) is 8.38. The van der Waals surface area contributed by atoms with E-state index in [-0.39, 0.29) is 0 Å². The van der Waals surface area contributed by atoms with Crippen molar-refractivity contribution in [1.29, 1.82) is 0 Å². The van der Waals surface area contributed by atoms with Crippen LogP contribution in [-0.4, -0.2) is 47.1 Å². The standard InChI is InChI=1S/C18H27N5/c1-14-21-15-7-5-6-8-16(15)23(14)12-10-20-17(19-4)22-11-9-18(2,3)13-22/h5-8H,9-13H2,1-4H3,(H,19,20). The highest BCUT2D eigenvalue weighted by molar-refractivity contribution is 5.80. The van der Waals surface area contributed by atoms with Gasteiger partial charge in [0.1, 0.15) is 5.82 Å². The molecule has 0 aliphatic carbocycles. The van der Waals surface area contributed by atoms with Crippen molar-refractivity contribution in [1.82, 2.24) is 19.8 Å². The number of aromatic nitrogens is 2. The summed E-state index contributed by atoms with van der Waals surface area (Å²) in [5, 5.41) is 3.51. The van der Waals surface area contributed by atoms with Crippen LogP contribution in [0.2, 0.25) is 0 Å². The number of benzene rings is 1. The highest BCUT2D eigenvalue weighted by Gasteiger charge is 2.30. The maximum Gasteiger partial charge on any atom is 0.193 e. The Labute approximate surface area is 138 Å². The third kappa shape index (κ3) is 3.33. The Hall–Kier alpha value is -2.04. The van der Waals surface area contributed by atoms with Gasteiger partial charge in [0.2, 0.25) is 0 Å². The fourth-order valence-electron chi connectivity index (χ4n) is 3.38. The molecule has 0 atom stereocenters. The molecule has 0 radical (unpaired) electrons. The number of aryl methyl sites for hydroxylation is 1. The summed E-state index contributed by atoms with van der Waals surface area (Å²) in [5.74, 6) is 2.07. The molecule has 5 heteroatoms. The molecule has 1 aliphatic rings. The van der Waals surface area contributed by atoms with E-state index in [1.165, 1.54) is 11.9 Å². The van der Waals surface area contributed by atoms with Gasteiger partial charge in [0.25, 0.3) is 0 Å². The van der Waals surface area contributed by atoms with Crippen LogP contribution in [0.4, 0.5) is 0 Å². The summed E-state index contributed by atoms with van der Waals surface area (Å²) in [6.45, 7) is 10.6. The number of hydrogen-bond donors (Lipinski definition) is 1. The molecule has 0 bridgehead atoms. The summed E-state index contributed by atoms with van der Waals surface area (Å²) in [7, 11) is 1.87. The Balaban J connectivity index is 1.63. The molecule has 0 unspecified atom stereocenters. The van der Waals surface area contributed by atoms with Crippen molar-refractivity contribution in [3.8, 4) is 0 Å². The summed E-state index contributed by atoms with van der Waals surface area (Å²) >= 11 is 0. The van der Waals surface area contributed by atoms with E-state index in [0.717, 1.165) is 43.5 Å². The first-order valence-electron chi connectivity index (χ1n) is 8.38. The van der Waals surface area contributed by atoms with Crippen LogP contribution in [0.15, 0.2) is 29.3 Å². The quantitative estimate of drug-likeness (QED) is 0.700. The minimum atomic E-state index is 0.384. The first kappa shape index (κ1) is 15.8. The first-order chi connectivity index (χ1) is 11.0. The van der Waals surface area contributed by atoms with Crippen LogP contribution in [0.3, 0.4) is 0 Å². The van der Waals surface area contributed by atoms with Crippen LogP contribution in [0.1, 0.15) is 26.1 Å². The fraction of sp³-hybridized carbons (Fsp3) is 0.556. The molecule has 1 fully saturated rings. The predicted octanol–water partition coefficient (Wildman–Crippen LogP) is 2.65. The monoisotopic (exact) mass is 313 g/mol. The number of nitrogens with one attached hydrogen (secondary N) is 1. The number of aliphatic imine (C=N–C) groups is 1. The van der Waals surface area contributed by atoms with Gasteiger partial charge in [-0.25, -0.2) is 4.98 Å². The van der Waals surface area contributed by atoms with Gasteiger partial charge in [0, 0.05) is 33.2 Å². The second-order valence-corrected chi connectivity index (χ2v) is 7.11. The van der Waals surface area contributed by atoms with Crippen molar-refractivity contribution in [3.63, 3.8) is 0 Å². The molecule has 1 N–H and O–H groups in total. The fourth-order valence-corrected chi connectivity index (χ4v) is 3.38. The summed E-state index contributed by atoms with van der Waals surface area (Å²) in [6.07, 6.45) is 1.22. The summed E-state index contributed by atoms with van der Waals surface area (Å²) in [5.41, 5.74) is 2.65. The van der Waals surface area contributed by atoms with E-state index in [9.17, 15) is 0 Å². The Morgan fingerprint density at radius 2 is 2.13 bits per heavy atom. The van der Waals surface area contributed by atoms with E-state index in [2.05, 4.69) is 63.7 Å². The van der Waals surface area contributed by atoms with E-state index in [4.69, 9.17) is 0 Å². The third-order valence-electron chi connectivity index (χ3n) is 4.65. The van der Waals surface area contributed by atoms with Gasteiger partial charge in [-0.1, -0.05) is 26.0 Å². The zero-order chi connectivity index (χ0) is 16.4. The molecule has 2 heterocycles. The second-order valence-electron chi connectivity index (χ2n) is 7.11. The minimum absolute atomic E-state index is 0.384. The third-order valence-corrected chi connectivity index (χ3v) is 4.65. The minimum Gasteiger partial charge on any atom is -0.354 e. The average molecular weight is 313 g/mol. The maximum atomic E-state index is 4.62. The highest BCUT2D eigenvalue weighted by atomic mass is 15.3. The second kappa shape index (κ2) is 6.22. The van der Waals surface area contributed by atoms with Crippen LogP contribution in [-0.2, 0) is 6.54 Å². The van der Waals surface area contributed by atoms with Crippen LogP contribution in [0, 0.1) is 12.3 Å². The number of rotatable bonds is 3. The lowest BCUT2D eigenvalue weighted by Gasteiger charge is -2.23. The molecule has 1 aliphatic heterocycles. The number of likely N-dealkylation sites (tertiary alicyclic amines) is 1. The molecule has 1 aromatic carbocycles. The normalized spacial score (nSPS) is 17.9. The van der Waals surface area contributed by atoms with E-state index in [0.29, 0.717) is 5.41 Å². The summed E-state index contributed by atoms with van der Waals surface area (Å²) < 4.78 is 2.27. The zero-order valence-electron chi connectivity index (χ0n) is 14.6. The van der Waals surface area contributed by atoms with E-state index in [1.807, 2.05) is 13.1 Å². The molecule has 124 valence electrons. The lowest BCUT2D eigenvalue weighted by molar-refractivity contribution is 0.370. The average Bonchev–Trinajstić information content (AvgIpc) is 3.03. The van der Waals surface area contributed by atoms with Gasteiger partial charge < -0.3 is 14.8 Å². The van der Waals surface area contributed by atoms with Crippen molar-refractivity contribution in [3.05, 3.63) is 30.1 Å². The van der Waals surface area contributed by atoms with Gasteiger partial charge in [-0.3, -0.25) is 4.99 Å². The Morgan fingerprint density at radius 3 is 2.83 bits per heavy atom. The zero-order valence-corrected chi connectivity index (χ0v) is 14.6.